The summed E-state index contributed by atoms with van der Waals surface area (Å²) in [5.41, 5.74) is 0.323. The Morgan fingerprint density at radius 1 is 1.44 bits per heavy atom. The predicted molar refractivity (Wildman–Crippen MR) is 69.6 cm³/mol. The Balaban J connectivity index is 2.30. The lowest BCUT2D eigenvalue weighted by atomic mass is 10.3. The van der Waals surface area contributed by atoms with E-state index in [4.69, 9.17) is 10.7 Å². The SMILES string of the molecule is O=C1CC(S(=O)(=O)Cl)CN1c1ccc(Br)c(F)c1. The van der Waals surface area contributed by atoms with Crippen molar-refractivity contribution in [1.29, 1.82) is 0 Å². The standard InChI is InChI=1S/C10H8BrClFNO3S/c11-8-2-1-6(3-9(8)13)14-5-7(4-10(14)15)18(12,16)17/h1-3,7H,4-5H2. The molecule has 0 saturated carbocycles. The lowest BCUT2D eigenvalue weighted by molar-refractivity contribution is -0.117. The molecule has 1 amide bonds. The fraction of sp³-hybridized carbons (Fsp3) is 0.300. The molecule has 0 bridgehead atoms. The highest BCUT2D eigenvalue weighted by Crippen LogP contribution is 2.29. The molecule has 1 aromatic carbocycles. The third kappa shape index (κ3) is 2.67. The Morgan fingerprint density at radius 2 is 2.11 bits per heavy atom. The van der Waals surface area contributed by atoms with Gasteiger partial charge in [-0.05, 0) is 34.1 Å². The highest BCUT2D eigenvalue weighted by Gasteiger charge is 2.38. The van der Waals surface area contributed by atoms with Crippen molar-refractivity contribution in [2.45, 2.75) is 11.7 Å². The zero-order valence-corrected chi connectivity index (χ0v) is 12.1. The van der Waals surface area contributed by atoms with Gasteiger partial charge in [0, 0.05) is 29.3 Å². The van der Waals surface area contributed by atoms with E-state index >= 15 is 0 Å². The highest BCUT2D eigenvalue weighted by atomic mass is 79.9. The van der Waals surface area contributed by atoms with Crippen molar-refractivity contribution in [2.75, 3.05) is 11.4 Å². The molecular formula is C10H8BrClFNO3S. The Labute approximate surface area is 116 Å². The van der Waals surface area contributed by atoms with Crippen LogP contribution >= 0.6 is 26.6 Å². The second-order valence-electron chi connectivity index (χ2n) is 3.90. The van der Waals surface area contributed by atoms with Gasteiger partial charge in [-0.15, -0.1) is 0 Å². The van der Waals surface area contributed by atoms with E-state index in [1.54, 1.807) is 0 Å². The highest BCUT2D eigenvalue weighted by molar-refractivity contribution is 9.10. The lowest BCUT2D eigenvalue weighted by Gasteiger charge is -2.16. The Bertz CT molecular complexity index is 607. The molecule has 0 N–H and O–H groups in total. The molecule has 0 aliphatic carbocycles. The summed E-state index contributed by atoms with van der Waals surface area (Å²) in [5.74, 6) is -0.900. The van der Waals surface area contributed by atoms with Crippen molar-refractivity contribution >= 4 is 47.3 Å². The van der Waals surface area contributed by atoms with Gasteiger partial charge in [-0.1, -0.05) is 0 Å². The van der Waals surface area contributed by atoms with Crippen LogP contribution in [0.4, 0.5) is 10.1 Å². The van der Waals surface area contributed by atoms with Crippen molar-refractivity contribution < 1.29 is 17.6 Å². The van der Waals surface area contributed by atoms with Gasteiger partial charge in [0.15, 0.2) is 0 Å². The number of carbonyl (C=O) groups is 1. The van der Waals surface area contributed by atoms with Gasteiger partial charge in [0.05, 0.1) is 4.47 Å². The van der Waals surface area contributed by atoms with Crippen LogP contribution in [-0.4, -0.2) is 26.1 Å². The van der Waals surface area contributed by atoms with Gasteiger partial charge in [0.1, 0.15) is 11.1 Å². The molecule has 98 valence electrons. The molecule has 0 radical (unpaired) electrons. The van der Waals surface area contributed by atoms with Gasteiger partial charge in [0.2, 0.25) is 15.0 Å². The minimum Gasteiger partial charge on any atom is -0.311 e. The van der Waals surface area contributed by atoms with E-state index in [-0.39, 0.29) is 23.3 Å². The van der Waals surface area contributed by atoms with Gasteiger partial charge >= 0.3 is 0 Å². The maximum absolute atomic E-state index is 13.4. The van der Waals surface area contributed by atoms with Crippen molar-refractivity contribution in [3.8, 4) is 0 Å². The van der Waals surface area contributed by atoms with Gasteiger partial charge < -0.3 is 4.90 Å². The first-order chi connectivity index (χ1) is 8.29. The summed E-state index contributed by atoms with van der Waals surface area (Å²) in [6.45, 7) is -0.0499. The first-order valence-electron chi connectivity index (χ1n) is 4.98. The number of carbonyl (C=O) groups excluding carboxylic acids is 1. The molecule has 2 rings (SSSR count). The number of nitrogens with zero attached hydrogens (tertiary/aromatic N) is 1. The average molecular weight is 357 g/mol. The molecule has 1 fully saturated rings. The number of rotatable bonds is 2. The summed E-state index contributed by atoms with van der Waals surface area (Å²) in [7, 11) is 1.44. The van der Waals surface area contributed by atoms with Gasteiger partial charge in [-0.3, -0.25) is 4.79 Å². The lowest BCUT2D eigenvalue weighted by Crippen LogP contribution is -2.26. The summed E-state index contributed by atoms with van der Waals surface area (Å²) in [6.07, 6.45) is -0.177. The zero-order chi connectivity index (χ0) is 13.5. The van der Waals surface area contributed by atoms with Gasteiger partial charge in [-0.25, -0.2) is 12.8 Å². The molecule has 1 unspecified atom stereocenters. The van der Waals surface area contributed by atoms with Crippen LogP contribution in [0.1, 0.15) is 6.42 Å². The number of hydrogen-bond donors (Lipinski definition) is 0. The van der Waals surface area contributed by atoms with Crippen molar-refractivity contribution in [3.05, 3.63) is 28.5 Å². The summed E-state index contributed by atoms with van der Waals surface area (Å²) >= 11 is 3.00. The molecule has 18 heavy (non-hydrogen) atoms. The van der Waals surface area contributed by atoms with Crippen LogP contribution in [0.5, 0.6) is 0 Å². The summed E-state index contributed by atoms with van der Waals surface area (Å²) < 4.78 is 36.0. The molecular weight excluding hydrogens is 349 g/mol. The van der Waals surface area contributed by atoms with E-state index in [0.29, 0.717) is 5.69 Å². The van der Waals surface area contributed by atoms with E-state index in [1.807, 2.05) is 0 Å². The second-order valence-corrected chi connectivity index (χ2v) is 7.67. The van der Waals surface area contributed by atoms with E-state index < -0.39 is 20.1 Å². The third-order valence-electron chi connectivity index (χ3n) is 2.70. The smallest absolute Gasteiger partial charge is 0.237 e. The molecule has 0 spiro atoms. The fourth-order valence-electron chi connectivity index (χ4n) is 1.77. The van der Waals surface area contributed by atoms with Crippen molar-refractivity contribution in [1.82, 2.24) is 0 Å². The molecule has 1 aliphatic heterocycles. The van der Waals surface area contributed by atoms with Crippen LogP contribution in [0.25, 0.3) is 0 Å². The molecule has 1 saturated heterocycles. The Hall–Kier alpha value is -0.660. The molecule has 1 heterocycles. The Kier molecular flexibility index (Phi) is 3.66. The summed E-state index contributed by atoms with van der Waals surface area (Å²) in [4.78, 5) is 12.9. The normalized spacial score (nSPS) is 20.5. The number of benzene rings is 1. The van der Waals surface area contributed by atoms with Crippen LogP contribution in [-0.2, 0) is 13.8 Å². The number of anilines is 1. The minimum atomic E-state index is -3.79. The predicted octanol–water partition coefficient (Wildman–Crippen LogP) is 2.26. The van der Waals surface area contributed by atoms with Crippen LogP contribution in [0.2, 0.25) is 0 Å². The largest absolute Gasteiger partial charge is 0.311 e. The molecule has 8 heteroatoms. The maximum atomic E-state index is 13.4. The van der Waals surface area contributed by atoms with Crippen LogP contribution in [0, 0.1) is 5.82 Å². The summed E-state index contributed by atoms with van der Waals surface area (Å²) in [6, 6.07) is 4.17. The molecule has 4 nitrogen and oxygen atoms in total. The van der Waals surface area contributed by atoms with Crippen molar-refractivity contribution in [2.24, 2.45) is 0 Å². The fourth-order valence-corrected chi connectivity index (χ4v) is 3.04. The third-order valence-corrected chi connectivity index (χ3v) is 5.21. The van der Waals surface area contributed by atoms with Gasteiger partial charge in [0.25, 0.3) is 0 Å². The first-order valence-corrected chi connectivity index (χ1v) is 8.14. The maximum Gasteiger partial charge on any atom is 0.237 e. The Morgan fingerprint density at radius 3 is 2.61 bits per heavy atom. The molecule has 1 aromatic rings. The van der Waals surface area contributed by atoms with Gasteiger partial charge in [-0.2, -0.15) is 0 Å². The number of amides is 1. The van der Waals surface area contributed by atoms with Crippen LogP contribution in [0.3, 0.4) is 0 Å². The van der Waals surface area contributed by atoms with Crippen molar-refractivity contribution in [3.63, 3.8) is 0 Å². The topological polar surface area (TPSA) is 54.5 Å². The van der Waals surface area contributed by atoms with E-state index in [1.165, 1.54) is 23.1 Å². The van der Waals surface area contributed by atoms with Crippen LogP contribution < -0.4 is 4.90 Å². The molecule has 1 atom stereocenters. The minimum absolute atomic E-state index is 0.0499. The number of halogens is 3. The van der Waals surface area contributed by atoms with E-state index in [0.717, 1.165) is 0 Å². The second kappa shape index (κ2) is 4.79. The average Bonchev–Trinajstić information content (AvgIpc) is 2.64. The quantitative estimate of drug-likeness (QED) is 0.764. The van der Waals surface area contributed by atoms with E-state index in [2.05, 4.69) is 15.9 Å². The molecule has 0 aromatic heterocycles. The zero-order valence-electron chi connectivity index (χ0n) is 8.94. The first kappa shape index (κ1) is 13.8. The molecule has 1 aliphatic rings. The monoisotopic (exact) mass is 355 g/mol. The number of hydrogen-bond acceptors (Lipinski definition) is 3. The summed E-state index contributed by atoms with van der Waals surface area (Å²) in [5, 5.41) is -0.946. The van der Waals surface area contributed by atoms with Crippen LogP contribution in [0.15, 0.2) is 22.7 Å². The van der Waals surface area contributed by atoms with E-state index in [9.17, 15) is 17.6 Å².